The van der Waals surface area contributed by atoms with Crippen LogP contribution in [0.3, 0.4) is 0 Å². The summed E-state index contributed by atoms with van der Waals surface area (Å²) in [4.78, 5) is 12.4. The Labute approximate surface area is 160 Å². The molecule has 7 nitrogen and oxygen atoms in total. The summed E-state index contributed by atoms with van der Waals surface area (Å²) in [6, 6.07) is 13.4. The minimum atomic E-state index is -4.05. The minimum Gasteiger partial charge on any atom is -0.497 e. The highest BCUT2D eigenvalue weighted by molar-refractivity contribution is 7.87. The molecule has 4 rings (SSSR count). The molecule has 1 aromatic heterocycles. The fourth-order valence-electron chi connectivity index (χ4n) is 2.64. The summed E-state index contributed by atoms with van der Waals surface area (Å²) in [6.45, 7) is 0. The average molecular weight is 398 g/mol. The Morgan fingerprint density at radius 2 is 1.75 bits per heavy atom. The van der Waals surface area contributed by atoms with E-state index in [2.05, 4.69) is 0 Å². The van der Waals surface area contributed by atoms with Crippen LogP contribution in [0.2, 0.25) is 0 Å². The Hall–Kier alpha value is -3.52. The van der Waals surface area contributed by atoms with E-state index >= 15 is 0 Å². The Kier molecular flexibility index (Phi) is 4.40. The molecule has 0 fully saturated rings. The van der Waals surface area contributed by atoms with Crippen LogP contribution in [0.5, 0.6) is 17.2 Å². The highest BCUT2D eigenvalue weighted by Gasteiger charge is 2.29. The average Bonchev–Trinajstić information content (AvgIpc) is 3.30. The van der Waals surface area contributed by atoms with E-state index in [9.17, 15) is 13.2 Å². The molecular weight excluding hydrogens is 384 g/mol. The first-order valence-corrected chi connectivity index (χ1v) is 9.57. The number of ether oxygens (including phenoxy) is 2. The number of rotatable bonds is 5. The van der Waals surface area contributed by atoms with E-state index in [0.717, 1.165) is 0 Å². The second kappa shape index (κ2) is 6.90. The smallest absolute Gasteiger partial charge is 0.339 e. The third kappa shape index (κ3) is 3.37. The van der Waals surface area contributed by atoms with Crippen molar-refractivity contribution in [2.75, 3.05) is 7.11 Å². The fourth-order valence-corrected chi connectivity index (χ4v) is 3.56. The van der Waals surface area contributed by atoms with Gasteiger partial charge in [-0.3, -0.25) is 4.79 Å². The molecule has 0 atom stereocenters. The Bertz CT molecular complexity index is 1160. The molecule has 0 amide bonds. The van der Waals surface area contributed by atoms with Gasteiger partial charge in [-0.2, -0.15) is 8.42 Å². The molecule has 0 aliphatic carbocycles. The van der Waals surface area contributed by atoms with Crippen LogP contribution in [-0.4, -0.2) is 21.3 Å². The van der Waals surface area contributed by atoms with Crippen molar-refractivity contribution in [2.24, 2.45) is 0 Å². The maximum Gasteiger partial charge on any atom is 0.339 e. The number of hydrogen-bond donors (Lipinski definition) is 0. The number of benzene rings is 2. The number of Topliss-reactive ketones (excluding diaryl/α,β-unsaturated/α-hetero) is 1. The van der Waals surface area contributed by atoms with Gasteiger partial charge in [0.15, 0.2) is 5.76 Å². The second-order valence-corrected chi connectivity index (χ2v) is 7.37. The lowest BCUT2D eigenvalue weighted by Gasteiger charge is -2.08. The predicted molar refractivity (Wildman–Crippen MR) is 98.9 cm³/mol. The van der Waals surface area contributed by atoms with Gasteiger partial charge in [0, 0.05) is 12.1 Å². The summed E-state index contributed by atoms with van der Waals surface area (Å²) in [5.41, 5.74) is 0.312. The topological polar surface area (TPSA) is 92.0 Å². The number of fused-ring (bicyclic) bond motifs is 1. The van der Waals surface area contributed by atoms with Crippen LogP contribution < -0.4 is 13.7 Å². The van der Waals surface area contributed by atoms with Crippen molar-refractivity contribution in [3.05, 3.63) is 77.9 Å². The van der Waals surface area contributed by atoms with Crippen molar-refractivity contribution < 1.29 is 31.3 Å². The lowest BCUT2D eigenvalue weighted by atomic mass is 10.1. The standard InChI is InChI=1S/C20H14O7S/c1-24-13-4-7-16(8-5-13)28(22,23)27-15-6-9-17-18(12-15)26-19(20(17)21)11-14-3-2-10-25-14/h2-12H,1H3/b19-11-. The zero-order chi connectivity index (χ0) is 19.7. The van der Waals surface area contributed by atoms with Crippen molar-refractivity contribution in [1.82, 2.24) is 0 Å². The number of carbonyl (C=O) groups excluding carboxylic acids is 1. The lowest BCUT2D eigenvalue weighted by molar-refractivity contribution is 0.101. The normalized spacial score (nSPS) is 14.6. The minimum absolute atomic E-state index is 0.0239. The van der Waals surface area contributed by atoms with Gasteiger partial charge in [-0.05, 0) is 48.5 Å². The number of carbonyl (C=O) groups is 1. The SMILES string of the molecule is COc1ccc(S(=O)(=O)Oc2ccc3c(c2)O/C(=C\c2ccco2)C3=O)cc1. The van der Waals surface area contributed by atoms with E-state index in [1.807, 2.05) is 0 Å². The lowest BCUT2D eigenvalue weighted by Crippen LogP contribution is -2.09. The first kappa shape index (κ1) is 17.9. The molecule has 0 saturated heterocycles. The van der Waals surface area contributed by atoms with Gasteiger partial charge in [-0.15, -0.1) is 0 Å². The molecule has 2 heterocycles. The molecule has 28 heavy (non-hydrogen) atoms. The molecule has 1 aliphatic heterocycles. The summed E-state index contributed by atoms with van der Waals surface area (Å²) >= 11 is 0. The Morgan fingerprint density at radius 1 is 1.00 bits per heavy atom. The summed E-state index contributed by atoms with van der Waals surface area (Å²) in [7, 11) is -2.56. The molecule has 0 spiro atoms. The van der Waals surface area contributed by atoms with Crippen molar-refractivity contribution >= 4 is 22.0 Å². The van der Waals surface area contributed by atoms with Crippen molar-refractivity contribution in [2.45, 2.75) is 4.90 Å². The molecule has 1 aliphatic rings. The highest BCUT2D eigenvalue weighted by Crippen LogP contribution is 2.35. The predicted octanol–water partition coefficient (Wildman–Crippen LogP) is 3.67. The quantitative estimate of drug-likeness (QED) is 0.478. The summed E-state index contributed by atoms with van der Waals surface area (Å²) in [5.74, 6) is 0.997. The molecular formula is C20H14O7S. The van der Waals surface area contributed by atoms with Gasteiger partial charge in [0.2, 0.25) is 5.78 Å². The Morgan fingerprint density at radius 3 is 2.43 bits per heavy atom. The molecule has 3 aromatic rings. The van der Waals surface area contributed by atoms with E-state index in [1.165, 1.54) is 61.9 Å². The third-order valence-electron chi connectivity index (χ3n) is 4.01. The Balaban J connectivity index is 1.58. The van der Waals surface area contributed by atoms with Gasteiger partial charge < -0.3 is 18.1 Å². The van der Waals surface area contributed by atoms with Gasteiger partial charge in [0.05, 0.1) is 18.9 Å². The van der Waals surface area contributed by atoms with Crippen molar-refractivity contribution in [3.63, 3.8) is 0 Å². The molecule has 8 heteroatoms. The number of ketones is 1. The van der Waals surface area contributed by atoms with Gasteiger partial charge in [0.25, 0.3) is 0 Å². The van der Waals surface area contributed by atoms with Crippen molar-refractivity contribution in [1.29, 1.82) is 0 Å². The fraction of sp³-hybridized carbons (Fsp3) is 0.0500. The van der Waals surface area contributed by atoms with Gasteiger partial charge >= 0.3 is 10.1 Å². The molecule has 0 N–H and O–H groups in total. The van der Waals surface area contributed by atoms with Crippen LogP contribution in [0.1, 0.15) is 16.1 Å². The van der Waals surface area contributed by atoms with E-state index in [-0.39, 0.29) is 27.9 Å². The van der Waals surface area contributed by atoms with Crippen LogP contribution in [-0.2, 0) is 10.1 Å². The van der Waals surface area contributed by atoms with Crippen LogP contribution in [0, 0.1) is 0 Å². The number of furan rings is 1. The third-order valence-corrected chi connectivity index (χ3v) is 5.27. The van der Waals surface area contributed by atoms with E-state index in [0.29, 0.717) is 17.1 Å². The van der Waals surface area contributed by atoms with E-state index < -0.39 is 10.1 Å². The largest absolute Gasteiger partial charge is 0.497 e. The first-order valence-electron chi connectivity index (χ1n) is 8.16. The van der Waals surface area contributed by atoms with Gasteiger partial charge in [0.1, 0.15) is 27.9 Å². The first-order chi connectivity index (χ1) is 13.5. The number of methoxy groups -OCH3 is 1. The second-order valence-electron chi connectivity index (χ2n) is 5.83. The van der Waals surface area contributed by atoms with Gasteiger partial charge in [-0.1, -0.05) is 0 Å². The van der Waals surface area contributed by atoms with Crippen LogP contribution in [0.4, 0.5) is 0 Å². The van der Waals surface area contributed by atoms with E-state index in [4.69, 9.17) is 18.1 Å². The molecule has 2 aromatic carbocycles. The number of allylic oxidation sites excluding steroid dienone is 1. The van der Waals surface area contributed by atoms with Crippen LogP contribution in [0.25, 0.3) is 6.08 Å². The molecule has 0 bridgehead atoms. The number of hydrogen-bond acceptors (Lipinski definition) is 7. The summed E-state index contributed by atoms with van der Waals surface area (Å²) < 4.78 is 45.8. The van der Waals surface area contributed by atoms with Crippen LogP contribution in [0.15, 0.2) is 75.9 Å². The maximum atomic E-state index is 12.4. The zero-order valence-electron chi connectivity index (χ0n) is 14.6. The highest BCUT2D eigenvalue weighted by atomic mass is 32.2. The van der Waals surface area contributed by atoms with Crippen molar-refractivity contribution in [3.8, 4) is 17.2 Å². The molecule has 0 unspecified atom stereocenters. The molecule has 0 saturated carbocycles. The monoisotopic (exact) mass is 398 g/mol. The molecule has 0 radical (unpaired) electrons. The zero-order valence-corrected chi connectivity index (χ0v) is 15.4. The molecule has 142 valence electrons. The van der Waals surface area contributed by atoms with Gasteiger partial charge in [-0.25, -0.2) is 0 Å². The maximum absolute atomic E-state index is 12.4. The van der Waals surface area contributed by atoms with E-state index in [1.54, 1.807) is 12.1 Å². The van der Waals surface area contributed by atoms with Crippen LogP contribution >= 0.6 is 0 Å². The summed E-state index contributed by atoms with van der Waals surface area (Å²) in [6.07, 6.45) is 2.95. The summed E-state index contributed by atoms with van der Waals surface area (Å²) in [5, 5.41) is 0.